The van der Waals surface area contributed by atoms with Crippen molar-refractivity contribution >= 4 is 11.5 Å². The molecule has 112 valence electrons. The second-order valence-corrected chi connectivity index (χ2v) is 5.94. The molecule has 0 amide bonds. The first kappa shape index (κ1) is 15.5. The lowest BCUT2D eigenvalue weighted by molar-refractivity contribution is 0.552. The maximum Gasteiger partial charge on any atom is 0.132 e. The summed E-state index contributed by atoms with van der Waals surface area (Å²) in [6.45, 7) is 8.43. The highest BCUT2D eigenvalue weighted by Crippen LogP contribution is 2.21. The number of aryl methyl sites for hydroxylation is 1. The predicted molar refractivity (Wildman–Crippen MR) is 90.0 cm³/mol. The van der Waals surface area contributed by atoms with E-state index >= 15 is 0 Å². The first-order valence-electron chi connectivity index (χ1n) is 7.52. The highest BCUT2D eigenvalue weighted by molar-refractivity contribution is 5.59. The summed E-state index contributed by atoms with van der Waals surface area (Å²) in [5.41, 5.74) is 3.64. The molecule has 0 radical (unpaired) electrons. The minimum absolute atomic E-state index is 0.671. The molecule has 1 heterocycles. The predicted octanol–water partition coefficient (Wildman–Crippen LogP) is 3.90. The van der Waals surface area contributed by atoms with Crippen molar-refractivity contribution in [2.75, 3.05) is 18.5 Å². The number of nitrogens with zero attached hydrogens (tertiary/aromatic N) is 2. The molecule has 1 aromatic carbocycles. The van der Waals surface area contributed by atoms with Crippen LogP contribution in [0.5, 0.6) is 0 Å². The Labute approximate surface area is 128 Å². The van der Waals surface area contributed by atoms with Crippen LogP contribution in [0.1, 0.15) is 25.0 Å². The van der Waals surface area contributed by atoms with E-state index in [1.807, 2.05) is 13.2 Å². The summed E-state index contributed by atoms with van der Waals surface area (Å²) >= 11 is 0. The van der Waals surface area contributed by atoms with Crippen LogP contribution in [0.15, 0.2) is 42.6 Å². The van der Waals surface area contributed by atoms with Gasteiger partial charge in [-0.1, -0.05) is 37.6 Å². The van der Waals surface area contributed by atoms with Gasteiger partial charge in [-0.25, -0.2) is 4.98 Å². The third-order valence-electron chi connectivity index (χ3n) is 3.46. The lowest BCUT2D eigenvalue weighted by Gasteiger charge is -2.18. The molecule has 21 heavy (non-hydrogen) atoms. The van der Waals surface area contributed by atoms with E-state index in [2.05, 4.69) is 72.4 Å². The monoisotopic (exact) mass is 283 g/mol. The normalized spacial score (nSPS) is 10.9. The third kappa shape index (κ3) is 4.57. The molecule has 0 fully saturated rings. The minimum atomic E-state index is 0.671. The lowest BCUT2D eigenvalue weighted by atomic mass is 10.2. The number of rotatable bonds is 6. The Morgan fingerprint density at radius 3 is 2.38 bits per heavy atom. The van der Waals surface area contributed by atoms with Gasteiger partial charge < -0.3 is 10.2 Å². The van der Waals surface area contributed by atoms with E-state index in [0.717, 1.165) is 24.6 Å². The van der Waals surface area contributed by atoms with Crippen molar-refractivity contribution in [1.29, 1.82) is 0 Å². The number of aromatic nitrogens is 1. The Morgan fingerprint density at radius 2 is 1.81 bits per heavy atom. The highest BCUT2D eigenvalue weighted by atomic mass is 15.2. The van der Waals surface area contributed by atoms with Crippen LogP contribution in [0.2, 0.25) is 0 Å². The summed E-state index contributed by atoms with van der Waals surface area (Å²) in [6.07, 6.45) is 1.95. The molecule has 0 unspecified atom stereocenters. The van der Waals surface area contributed by atoms with Crippen molar-refractivity contribution < 1.29 is 0 Å². The van der Waals surface area contributed by atoms with Crippen LogP contribution in [0, 0.1) is 12.8 Å². The molecular formula is C18H25N3. The minimum Gasteiger partial charge on any atom is -0.329 e. The SMILES string of the molecule is Cc1ccc(N(C)c2ccc(CNCC(C)C)cn2)cc1. The van der Waals surface area contributed by atoms with E-state index < -0.39 is 0 Å². The molecule has 0 aliphatic carbocycles. The first-order valence-corrected chi connectivity index (χ1v) is 7.52. The van der Waals surface area contributed by atoms with Crippen molar-refractivity contribution in [1.82, 2.24) is 10.3 Å². The Morgan fingerprint density at radius 1 is 1.10 bits per heavy atom. The number of anilines is 2. The topological polar surface area (TPSA) is 28.2 Å². The number of hydrogen-bond acceptors (Lipinski definition) is 3. The van der Waals surface area contributed by atoms with E-state index in [0.29, 0.717) is 5.92 Å². The fourth-order valence-electron chi connectivity index (χ4n) is 2.13. The molecule has 1 N–H and O–H groups in total. The largest absolute Gasteiger partial charge is 0.329 e. The molecule has 1 aromatic heterocycles. The summed E-state index contributed by atoms with van der Waals surface area (Å²) in [5, 5.41) is 3.43. The number of nitrogens with one attached hydrogen (secondary N) is 1. The highest BCUT2D eigenvalue weighted by Gasteiger charge is 2.05. The van der Waals surface area contributed by atoms with Gasteiger partial charge in [0.05, 0.1) is 0 Å². The van der Waals surface area contributed by atoms with Gasteiger partial charge in [0, 0.05) is 25.5 Å². The zero-order chi connectivity index (χ0) is 15.2. The zero-order valence-corrected chi connectivity index (χ0v) is 13.4. The Hall–Kier alpha value is -1.87. The molecule has 0 aliphatic heterocycles. The average Bonchev–Trinajstić information content (AvgIpc) is 2.48. The first-order chi connectivity index (χ1) is 10.1. The number of hydrogen-bond donors (Lipinski definition) is 1. The quantitative estimate of drug-likeness (QED) is 0.871. The van der Waals surface area contributed by atoms with E-state index in [9.17, 15) is 0 Å². The van der Waals surface area contributed by atoms with Crippen LogP contribution in [0.4, 0.5) is 11.5 Å². The molecule has 0 atom stereocenters. The Bertz CT molecular complexity index is 544. The smallest absolute Gasteiger partial charge is 0.132 e. The van der Waals surface area contributed by atoms with Gasteiger partial charge in [0.15, 0.2) is 0 Å². The van der Waals surface area contributed by atoms with E-state index in [1.54, 1.807) is 0 Å². The molecule has 0 spiro atoms. The number of benzene rings is 1. The van der Waals surface area contributed by atoms with Crippen LogP contribution in [-0.2, 0) is 6.54 Å². The van der Waals surface area contributed by atoms with Gasteiger partial charge in [-0.3, -0.25) is 0 Å². The van der Waals surface area contributed by atoms with Crippen molar-refractivity contribution in [3.63, 3.8) is 0 Å². The Balaban J connectivity index is 1.99. The molecule has 2 rings (SSSR count). The maximum absolute atomic E-state index is 4.56. The van der Waals surface area contributed by atoms with Crippen molar-refractivity contribution in [3.05, 3.63) is 53.7 Å². The van der Waals surface area contributed by atoms with Crippen molar-refractivity contribution in [3.8, 4) is 0 Å². The van der Waals surface area contributed by atoms with Crippen LogP contribution < -0.4 is 10.2 Å². The van der Waals surface area contributed by atoms with Gasteiger partial charge in [-0.15, -0.1) is 0 Å². The fourth-order valence-corrected chi connectivity index (χ4v) is 2.13. The van der Waals surface area contributed by atoms with Crippen LogP contribution in [0.3, 0.4) is 0 Å². The molecule has 0 saturated carbocycles. The van der Waals surface area contributed by atoms with Crippen LogP contribution >= 0.6 is 0 Å². The van der Waals surface area contributed by atoms with Gasteiger partial charge in [0.25, 0.3) is 0 Å². The van der Waals surface area contributed by atoms with E-state index in [1.165, 1.54) is 11.1 Å². The third-order valence-corrected chi connectivity index (χ3v) is 3.46. The molecule has 3 heteroatoms. The van der Waals surface area contributed by atoms with E-state index in [4.69, 9.17) is 0 Å². The maximum atomic E-state index is 4.56. The summed E-state index contributed by atoms with van der Waals surface area (Å²) in [5.74, 6) is 1.64. The van der Waals surface area contributed by atoms with Gasteiger partial charge in [0.2, 0.25) is 0 Å². The molecule has 0 aliphatic rings. The second kappa shape index (κ2) is 7.23. The summed E-state index contributed by atoms with van der Waals surface area (Å²) in [4.78, 5) is 6.66. The molecule has 0 saturated heterocycles. The average molecular weight is 283 g/mol. The van der Waals surface area contributed by atoms with Gasteiger partial charge in [-0.2, -0.15) is 0 Å². The fraction of sp³-hybridized carbons (Fsp3) is 0.389. The zero-order valence-electron chi connectivity index (χ0n) is 13.4. The molecule has 0 bridgehead atoms. The molecular weight excluding hydrogens is 258 g/mol. The molecule has 2 aromatic rings. The van der Waals surface area contributed by atoms with Gasteiger partial charge in [0.1, 0.15) is 5.82 Å². The van der Waals surface area contributed by atoms with Crippen molar-refractivity contribution in [2.24, 2.45) is 5.92 Å². The van der Waals surface area contributed by atoms with Gasteiger partial charge in [-0.05, 0) is 43.1 Å². The Kier molecular flexibility index (Phi) is 5.34. The second-order valence-electron chi connectivity index (χ2n) is 5.94. The van der Waals surface area contributed by atoms with E-state index in [-0.39, 0.29) is 0 Å². The van der Waals surface area contributed by atoms with Crippen LogP contribution in [0.25, 0.3) is 0 Å². The standard InChI is InChI=1S/C18H25N3/c1-14(2)11-19-12-16-7-10-18(20-13-16)21(4)17-8-5-15(3)6-9-17/h5-10,13-14,19H,11-12H2,1-4H3. The number of pyridine rings is 1. The van der Waals surface area contributed by atoms with Crippen LogP contribution in [-0.4, -0.2) is 18.6 Å². The summed E-state index contributed by atoms with van der Waals surface area (Å²) in [7, 11) is 2.05. The lowest BCUT2D eigenvalue weighted by Crippen LogP contribution is -2.19. The summed E-state index contributed by atoms with van der Waals surface area (Å²) in [6, 6.07) is 12.7. The van der Waals surface area contributed by atoms with Crippen molar-refractivity contribution in [2.45, 2.75) is 27.3 Å². The molecule has 3 nitrogen and oxygen atoms in total. The van der Waals surface area contributed by atoms with Gasteiger partial charge >= 0.3 is 0 Å². The summed E-state index contributed by atoms with van der Waals surface area (Å²) < 4.78 is 0.